The van der Waals surface area contributed by atoms with Gasteiger partial charge in [-0.25, -0.2) is 4.79 Å². The number of hydrogen-bond acceptors (Lipinski definition) is 2. The quantitative estimate of drug-likeness (QED) is 0.908. The van der Waals surface area contributed by atoms with Gasteiger partial charge in [0.1, 0.15) is 0 Å². The highest BCUT2D eigenvalue weighted by Gasteiger charge is 2.23. The molecule has 2 amide bonds. The van der Waals surface area contributed by atoms with Crippen LogP contribution >= 0.6 is 0 Å². The minimum atomic E-state index is -0.0608. The summed E-state index contributed by atoms with van der Waals surface area (Å²) in [6.45, 7) is 8.08. The first-order valence-electron chi connectivity index (χ1n) is 7.50. The van der Waals surface area contributed by atoms with Gasteiger partial charge in [0.2, 0.25) is 0 Å². The lowest BCUT2D eigenvalue weighted by atomic mass is 9.99. The zero-order chi connectivity index (χ0) is 15.4. The molecule has 1 atom stereocenters. The lowest BCUT2D eigenvalue weighted by Gasteiger charge is -2.29. The van der Waals surface area contributed by atoms with Crippen molar-refractivity contribution in [3.8, 4) is 6.07 Å². The summed E-state index contributed by atoms with van der Waals surface area (Å²) in [5.74, 6) is -0.0210. The molecule has 0 bridgehead atoms. The van der Waals surface area contributed by atoms with Crippen LogP contribution in [0.25, 0.3) is 0 Å². The van der Waals surface area contributed by atoms with Crippen LogP contribution in [0.5, 0.6) is 0 Å². The molecule has 0 aliphatic carbocycles. The lowest BCUT2D eigenvalue weighted by molar-refractivity contribution is 0.176. The number of nitrogens with one attached hydrogen (secondary N) is 1. The zero-order valence-corrected chi connectivity index (χ0v) is 13.1. The molecule has 0 radical (unpaired) electrons. The molecule has 2 rings (SSSR count). The lowest BCUT2D eigenvalue weighted by Crippen LogP contribution is -2.45. The largest absolute Gasteiger partial charge is 0.334 e. The van der Waals surface area contributed by atoms with E-state index in [1.807, 2.05) is 0 Å². The van der Waals surface area contributed by atoms with Gasteiger partial charge in [0.05, 0.1) is 12.0 Å². The maximum absolute atomic E-state index is 12.2. The van der Waals surface area contributed by atoms with Crippen molar-refractivity contribution in [3.63, 3.8) is 0 Å². The van der Waals surface area contributed by atoms with Crippen LogP contribution in [-0.2, 0) is 6.54 Å². The zero-order valence-electron chi connectivity index (χ0n) is 13.1. The third kappa shape index (κ3) is 3.75. The summed E-state index contributed by atoms with van der Waals surface area (Å²) in [5.41, 5.74) is 4.85. The van der Waals surface area contributed by atoms with Gasteiger partial charge in [-0.15, -0.1) is 0 Å². The molecule has 4 nitrogen and oxygen atoms in total. The Hall–Kier alpha value is -2.02. The van der Waals surface area contributed by atoms with E-state index in [-0.39, 0.29) is 11.9 Å². The molecule has 1 N–H and O–H groups in total. The molecule has 1 aromatic rings. The molecule has 0 spiro atoms. The van der Waals surface area contributed by atoms with Crippen LogP contribution in [0.4, 0.5) is 4.79 Å². The number of hydrogen-bond donors (Lipinski definition) is 1. The Balaban J connectivity index is 1.97. The van der Waals surface area contributed by atoms with Crippen LogP contribution in [0.1, 0.15) is 35.1 Å². The first kappa shape index (κ1) is 15.4. The smallest absolute Gasteiger partial charge is 0.317 e. The Labute approximate surface area is 126 Å². The van der Waals surface area contributed by atoms with Crippen LogP contribution in [0.15, 0.2) is 12.1 Å². The summed E-state index contributed by atoms with van der Waals surface area (Å²) in [6, 6.07) is 6.48. The van der Waals surface area contributed by atoms with Gasteiger partial charge in [-0.1, -0.05) is 17.7 Å². The van der Waals surface area contributed by atoms with E-state index in [4.69, 9.17) is 5.26 Å². The molecule has 0 aromatic heterocycles. The normalized spacial score (nSPS) is 18.2. The van der Waals surface area contributed by atoms with Crippen LogP contribution in [0, 0.1) is 38.0 Å². The van der Waals surface area contributed by atoms with Crippen molar-refractivity contribution >= 4 is 6.03 Å². The average molecular weight is 285 g/mol. The molecule has 1 saturated heterocycles. The third-order valence-electron chi connectivity index (χ3n) is 4.15. The molecule has 112 valence electrons. The SMILES string of the molecule is Cc1cc(C)c(CNC(=O)N2CCC[C@H](C#N)C2)c(C)c1. The molecule has 21 heavy (non-hydrogen) atoms. The summed E-state index contributed by atoms with van der Waals surface area (Å²) in [4.78, 5) is 14.0. The molecule has 0 saturated carbocycles. The minimum absolute atomic E-state index is 0.0210. The number of carbonyl (C=O) groups excluding carboxylic acids is 1. The highest BCUT2D eigenvalue weighted by atomic mass is 16.2. The van der Waals surface area contributed by atoms with Crippen LogP contribution in [0.3, 0.4) is 0 Å². The summed E-state index contributed by atoms with van der Waals surface area (Å²) < 4.78 is 0. The van der Waals surface area contributed by atoms with Crippen molar-refractivity contribution in [2.24, 2.45) is 5.92 Å². The number of rotatable bonds is 2. The first-order chi connectivity index (χ1) is 10.0. The summed E-state index contributed by atoms with van der Waals surface area (Å²) in [5, 5.41) is 12.0. The average Bonchev–Trinajstić information content (AvgIpc) is 2.46. The maximum atomic E-state index is 12.2. The molecular formula is C17H23N3O. The van der Waals surface area contributed by atoms with Gasteiger partial charge < -0.3 is 10.2 Å². The predicted octanol–water partition coefficient (Wildman–Crippen LogP) is 3.06. The summed E-state index contributed by atoms with van der Waals surface area (Å²) >= 11 is 0. The Bertz CT molecular complexity index is 551. The van der Waals surface area contributed by atoms with E-state index in [9.17, 15) is 4.79 Å². The predicted molar refractivity (Wildman–Crippen MR) is 82.8 cm³/mol. The van der Waals surface area contributed by atoms with E-state index in [1.54, 1.807) is 4.90 Å². The highest BCUT2D eigenvalue weighted by Crippen LogP contribution is 2.18. The second-order valence-corrected chi connectivity index (χ2v) is 5.95. The molecule has 1 heterocycles. The molecular weight excluding hydrogens is 262 g/mol. The molecule has 1 fully saturated rings. The van der Waals surface area contributed by atoms with Gasteiger partial charge in [0.15, 0.2) is 0 Å². The van der Waals surface area contributed by atoms with Crippen molar-refractivity contribution < 1.29 is 4.79 Å². The van der Waals surface area contributed by atoms with Gasteiger partial charge in [-0.05, 0) is 50.3 Å². The third-order valence-corrected chi connectivity index (χ3v) is 4.15. The van der Waals surface area contributed by atoms with E-state index in [0.29, 0.717) is 13.1 Å². The Morgan fingerprint density at radius 2 is 2.05 bits per heavy atom. The number of amides is 2. The first-order valence-corrected chi connectivity index (χ1v) is 7.50. The standard InChI is InChI=1S/C17H23N3O/c1-12-7-13(2)16(14(3)8-12)10-19-17(21)20-6-4-5-15(9-18)11-20/h7-8,15H,4-6,10-11H2,1-3H3,(H,19,21)/t15-/m1/s1. The second kappa shape index (κ2) is 6.62. The monoisotopic (exact) mass is 285 g/mol. The second-order valence-electron chi connectivity index (χ2n) is 5.95. The van der Waals surface area contributed by atoms with E-state index in [2.05, 4.69) is 44.3 Å². The number of piperidine rings is 1. The number of benzene rings is 1. The Morgan fingerprint density at radius 1 is 1.38 bits per heavy atom. The van der Waals surface area contributed by atoms with Crippen LogP contribution in [0.2, 0.25) is 0 Å². The van der Waals surface area contributed by atoms with E-state index < -0.39 is 0 Å². The molecule has 4 heteroatoms. The number of nitrogens with zero attached hydrogens (tertiary/aromatic N) is 2. The molecule has 1 aromatic carbocycles. The Kier molecular flexibility index (Phi) is 4.85. The van der Waals surface area contributed by atoms with E-state index in [0.717, 1.165) is 19.4 Å². The fraction of sp³-hybridized carbons (Fsp3) is 0.529. The maximum Gasteiger partial charge on any atom is 0.317 e. The van der Waals surface area contributed by atoms with Crippen molar-refractivity contribution in [2.45, 2.75) is 40.2 Å². The molecule has 1 aliphatic rings. The van der Waals surface area contributed by atoms with Crippen molar-refractivity contribution in [1.29, 1.82) is 5.26 Å². The Morgan fingerprint density at radius 3 is 2.67 bits per heavy atom. The summed E-state index contributed by atoms with van der Waals surface area (Å²) in [7, 11) is 0. The topological polar surface area (TPSA) is 56.1 Å². The number of nitriles is 1. The fourth-order valence-electron chi connectivity index (χ4n) is 3.03. The van der Waals surface area contributed by atoms with Gasteiger partial charge in [-0.3, -0.25) is 0 Å². The van der Waals surface area contributed by atoms with Gasteiger partial charge in [-0.2, -0.15) is 5.26 Å². The summed E-state index contributed by atoms with van der Waals surface area (Å²) in [6.07, 6.45) is 1.81. The van der Waals surface area contributed by atoms with Gasteiger partial charge in [0.25, 0.3) is 0 Å². The van der Waals surface area contributed by atoms with Crippen molar-refractivity contribution in [2.75, 3.05) is 13.1 Å². The molecule has 1 aliphatic heterocycles. The van der Waals surface area contributed by atoms with Crippen LogP contribution < -0.4 is 5.32 Å². The molecule has 0 unspecified atom stereocenters. The van der Waals surface area contributed by atoms with Crippen molar-refractivity contribution in [3.05, 3.63) is 34.4 Å². The van der Waals surface area contributed by atoms with E-state index in [1.165, 1.54) is 22.3 Å². The number of aryl methyl sites for hydroxylation is 3. The number of urea groups is 1. The number of likely N-dealkylation sites (tertiary alicyclic amines) is 1. The minimum Gasteiger partial charge on any atom is -0.334 e. The number of carbonyl (C=O) groups is 1. The fourth-order valence-corrected chi connectivity index (χ4v) is 3.03. The van der Waals surface area contributed by atoms with Crippen LogP contribution in [-0.4, -0.2) is 24.0 Å². The highest BCUT2D eigenvalue weighted by molar-refractivity contribution is 5.74. The van der Waals surface area contributed by atoms with Gasteiger partial charge in [0, 0.05) is 19.6 Å². The van der Waals surface area contributed by atoms with Crippen molar-refractivity contribution in [1.82, 2.24) is 10.2 Å². The van der Waals surface area contributed by atoms with E-state index >= 15 is 0 Å². The van der Waals surface area contributed by atoms with Gasteiger partial charge >= 0.3 is 6.03 Å².